The molecule has 1 unspecified atom stereocenters. The van der Waals surface area contributed by atoms with Crippen LogP contribution in [0.2, 0.25) is 0 Å². The molecule has 152 valence electrons. The van der Waals surface area contributed by atoms with E-state index in [1.54, 1.807) is 18.3 Å². The van der Waals surface area contributed by atoms with Crippen LogP contribution in [-0.4, -0.2) is 39.7 Å². The first-order valence-electron chi connectivity index (χ1n) is 8.92. The van der Waals surface area contributed by atoms with Crippen molar-refractivity contribution < 1.29 is 18.9 Å². The van der Waals surface area contributed by atoms with Gasteiger partial charge in [-0.2, -0.15) is 0 Å². The topological polar surface area (TPSA) is 105 Å². The van der Waals surface area contributed by atoms with Crippen molar-refractivity contribution in [3.63, 3.8) is 0 Å². The molecule has 1 aromatic carbocycles. The van der Waals surface area contributed by atoms with E-state index in [4.69, 9.17) is 0 Å². The second-order valence-electron chi connectivity index (χ2n) is 6.80. The number of carbonyl (C=O) groups is 2. The number of carbonyl (C=O) groups excluding carboxylic acids is 2. The third-order valence-corrected chi connectivity index (χ3v) is 5.29. The molecule has 1 atom stereocenters. The van der Waals surface area contributed by atoms with Crippen molar-refractivity contribution in [1.29, 1.82) is 0 Å². The lowest BCUT2D eigenvalue weighted by atomic mass is 9.96. The molecule has 1 N–H and O–H groups in total. The van der Waals surface area contributed by atoms with Crippen LogP contribution in [0.25, 0.3) is 0 Å². The predicted molar refractivity (Wildman–Crippen MR) is 107 cm³/mol. The van der Waals surface area contributed by atoms with Crippen LogP contribution in [0, 0.1) is 28.8 Å². The predicted octanol–water partition coefficient (Wildman–Crippen LogP) is 3.69. The maximum atomic E-state index is 14.1. The molecule has 0 saturated carbocycles. The molecule has 1 aliphatic heterocycles. The summed E-state index contributed by atoms with van der Waals surface area (Å²) in [7, 11) is 0. The lowest BCUT2D eigenvalue weighted by Crippen LogP contribution is -2.43. The summed E-state index contributed by atoms with van der Waals surface area (Å²) in [6.07, 6.45) is 2.74. The fraction of sp³-hybridized carbons (Fsp3) is 0.316. The van der Waals surface area contributed by atoms with Gasteiger partial charge < -0.3 is 10.2 Å². The largest absolute Gasteiger partial charge is 0.338 e. The molecular weight excluding hydrogens is 447 g/mol. The van der Waals surface area contributed by atoms with Crippen LogP contribution in [0.3, 0.4) is 0 Å². The van der Waals surface area contributed by atoms with E-state index in [2.05, 4.69) is 26.2 Å². The molecule has 1 aromatic heterocycles. The van der Waals surface area contributed by atoms with Crippen molar-refractivity contribution in [3.8, 4) is 0 Å². The van der Waals surface area contributed by atoms with Gasteiger partial charge in [0.25, 0.3) is 11.6 Å². The lowest BCUT2D eigenvalue weighted by Gasteiger charge is -2.32. The Morgan fingerprint density at radius 3 is 2.79 bits per heavy atom. The van der Waals surface area contributed by atoms with Gasteiger partial charge in [0.15, 0.2) is 0 Å². The Hall–Kier alpha value is -2.88. The maximum absolute atomic E-state index is 14.1. The molecular formula is C19H18BrFN4O4. The minimum Gasteiger partial charge on any atom is -0.338 e. The quantitative estimate of drug-likeness (QED) is 0.548. The monoisotopic (exact) mass is 464 g/mol. The summed E-state index contributed by atoms with van der Waals surface area (Å²) in [5, 5.41) is 13.8. The molecule has 2 aromatic rings. The SMILES string of the molecule is Cc1c(F)cc(C(=O)N2CCCC(C(=O)Nc3ccc(Br)cn3)C2)cc1[N+](=O)[O-]. The number of nitrogens with zero attached hydrogens (tertiary/aromatic N) is 3. The van der Waals surface area contributed by atoms with Gasteiger partial charge in [-0.05, 0) is 53.9 Å². The highest BCUT2D eigenvalue weighted by molar-refractivity contribution is 9.10. The van der Waals surface area contributed by atoms with E-state index >= 15 is 0 Å². The number of likely N-dealkylation sites (tertiary alicyclic amines) is 1. The minimum absolute atomic E-state index is 0.101. The number of nitrogens with one attached hydrogen (secondary N) is 1. The van der Waals surface area contributed by atoms with Crippen molar-refractivity contribution in [2.75, 3.05) is 18.4 Å². The summed E-state index contributed by atoms with van der Waals surface area (Å²) in [5.74, 6) is -1.67. The van der Waals surface area contributed by atoms with Crippen LogP contribution in [-0.2, 0) is 4.79 Å². The average Bonchev–Trinajstić information content (AvgIpc) is 2.71. The molecule has 3 rings (SSSR count). The number of amides is 2. The van der Waals surface area contributed by atoms with Gasteiger partial charge in [-0.15, -0.1) is 0 Å². The number of anilines is 1. The van der Waals surface area contributed by atoms with Gasteiger partial charge >= 0.3 is 0 Å². The van der Waals surface area contributed by atoms with Crippen LogP contribution in [0.1, 0.15) is 28.8 Å². The number of hydrogen-bond donors (Lipinski definition) is 1. The first-order valence-corrected chi connectivity index (χ1v) is 9.72. The number of benzene rings is 1. The number of pyridine rings is 1. The van der Waals surface area contributed by atoms with Gasteiger partial charge in [-0.25, -0.2) is 9.37 Å². The molecule has 2 heterocycles. The number of aromatic nitrogens is 1. The summed E-state index contributed by atoms with van der Waals surface area (Å²) in [5.41, 5.74) is -0.666. The zero-order valence-electron chi connectivity index (χ0n) is 15.5. The number of nitro benzene ring substituents is 1. The zero-order chi connectivity index (χ0) is 21.1. The van der Waals surface area contributed by atoms with E-state index in [-0.39, 0.29) is 23.6 Å². The fourth-order valence-electron chi connectivity index (χ4n) is 3.21. The van der Waals surface area contributed by atoms with E-state index < -0.39 is 28.3 Å². The molecule has 0 spiro atoms. The van der Waals surface area contributed by atoms with Gasteiger partial charge in [0.1, 0.15) is 11.6 Å². The van der Waals surface area contributed by atoms with Crippen molar-refractivity contribution in [2.24, 2.45) is 5.92 Å². The summed E-state index contributed by atoms with van der Waals surface area (Å²) < 4.78 is 14.8. The van der Waals surface area contributed by atoms with E-state index in [9.17, 15) is 24.1 Å². The first-order chi connectivity index (χ1) is 13.8. The maximum Gasteiger partial charge on any atom is 0.276 e. The highest BCUT2D eigenvalue weighted by Crippen LogP contribution is 2.26. The van der Waals surface area contributed by atoms with Gasteiger partial charge in [0.05, 0.1) is 16.4 Å². The van der Waals surface area contributed by atoms with Crippen molar-refractivity contribution in [2.45, 2.75) is 19.8 Å². The molecule has 1 aliphatic rings. The number of piperidine rings is 1. The Morgan fingerprint density at radius 1 is 1.38 bits per heavy atom. The number of nitro groups is 1. The van der Waals surface area contributed by atoms with Crippen molar-refractivity contribution >= 4 is 39.2 Å². The second kappa shape index (κ2) is 8.64. The van der Waals surface area contributed by atoms with Crippen LogP contribution in [0.15, 0.2) is 34.9 Å². The second-order valence-corrected chi connectivity index (χ2v) is 7.72. The van der Waals surface area contributed by atoms with Gasteiger partial charge in [-0.1, -0.05) is 0 Å². The van der Waals surface area contributed by atoms with E-state index in [1.807, 2.05) is 0 Å². The Kier molecular flexibility index (Phi) is 6.21. The smallest absolute Gasteiger partial charge is 0.276 e. The summed E-state index contributed by atoms with van der Waals surface area (Å²) in [6.45, 7) is 1.83. The van der Waals surface area contributed by atoms with Gasteiger partial charge in [-0.3, -0.25) is 19.7 Å². The van der Waals surface area contributed by atoms with Crippen LogP contribution >= 0.6 is 15.9 Å². The van der Waals surface area contributed by atoms with Crippen molar-refractivity contribution in [3.05, 3.63) is 62.0 Å². The molecule has 1 saturated heterocycles. The highest BCUT2D eigenvalue weighted by atomic mass is 79.9. The highest BCUT2D eigenvalue weighted by Gasteiger charge is 2.30. The molecule has 8 nitrogen and oxygen atoms in total. The molecule has 29 heavy (non-hydrogen) atoms. The molecule has 0 bridgehead atoms. The number of hydrogen-bond acceptors (Lipinski definition) is 5. The fourth-order valence-corrected chi connectivity index (χ4v) is 3.45. The molecule has 0 aliphatic carbocycles. The minimum atomic E-state index is -0.810. The normalized spacial score (nSPS) is 16.4. The summed E-state index contributed by atoms with van der Waals surface area (Å²) in [4.78, 5) is 41.3. The Bertz CT molecular complexity index is 967. The van der Waals surface area contributed by atoms with E-state index in [1.165, 1.54) is 11.8 Å². The molecule has 0 radical (unpaired) electrons. The van der Waals surface area contributed by atoms with Crippen LogP contribution in [0.4, 0.5) is 15.9 Å². The van der Waals surface area contributed by atoms with E-state index in [0.717, 1.165) is 16.6 Å². The zero-order valence-corrected chi connectivity index (χ0v) is 17.1. The average molecular weight is 465 g/mol. The van der Waals surface area contributed by atoms with Gasteiger partial charge in [0, 0.05) is 35.4 Å². The van der Waals surface area contributed by atoms with Crippen LogP contribution < -0.4 is 5.32 Å². The third-order valence-electron chi connectivity index (χ3n) is 4.82. The Morgan fingerprint density at radius 2 is 2.14 bits per heavy atom. The standard InChI is InChI=1S/C19H18BrFN4O4/c1-11-15(21)7-13(8-16(11)25(28)29)19(27)24-6-2-3-12(10-24)18(26)23-17-5-4-14(20)9-22-17/h4-5,7-9,12H,2-3,6,10H2,1H3,(H,22,23,26). The summed E-state index contributed by atoms with van der Waals surface area (Å²) in [6, 6.07) is 5.48. The number of halogens is 2. The molecule has 1 fully saturated rings. The van der Waals surface area contributed by atoms with Crippen LogP contribution in [0.5, 0.6) is 0 Å². The van der Waals surface area contributed by atoms with Gasteiger partial charge in [0.2, 0.25) is 5.91 Å². The Balaban J connectivity index is 1.73. The van der Waals surface area contributed by atoms with E-state index in [0.29, 0.717) is 25.2 Å². The lowest BCUT2D eigenvalue weighted by molar-refractivity contribution is -0.385. The first kappa shape index (κ1) is 20.8. The molecule has 2 amide bonds. The Labute approximate surface area is 174 Å². The number of rotatable bonds is 4. The van der Waals surface area contributed by atoms with Crippen molar-refractivity contribution in [1.82, 2.24) is 9.88 Å². The third kappa shape index (κ3) is 4.76. The summed E-state index contributed by atoms with van der Waals surface area (Å²) >= 11 is 3.27. The molecule has 10 heteroatoms.